The molecule has 3 nitrogen and oxygen atoms in total. The Labute approximate surface area is 75.9 Å². The lowest BCUT2D eigenvalue weighted by Gasteiger charge is -2.19. The van der Waals surface area contributed by atoms with Crippen molar-refractivity contribution in [1.29, 1.82) is 0 Å². The van der Waals surface area contributed by atoms with Crippen molar-refractivity contribution in [2.24, 2.45) is 0 Å². The second kappa shape index (κ2) is 5.17. The van der Waals surface area contributed by atoms with Crippen molar-refractivity contribution in [3.05, 3.63) is 0 Å². The topological polar surface area (TPSA) is 49.7 Å². The van der Waals surface area contributed by atoms with Gasteiger partial charge in [-0.3, -0.25) is 0 Å². The van der Waals surface area contributed by atoms with E-state index in [0.29, 0.717) is 0 Å². The SMILES string of the molecule is CC(O)C(Cl)OC(Cl)C(C)O. The first kappa shape index (κ1) is 11.5. The zero-order chi connectivity index (χ0) is 9.02. The summed E-state index contributed by atoms with van der Waals surface area (Å²) in [4.78, 5) is 0. The minimum Gasteiger partial charge on any atom is -0.389 e. The number of alkyl halides is 2. The van der Waals surface area contributed by atoms with Crippen LogP contribution in [0.5, 0.6) is 0 Å². The number of hydrogen-bond acceptors (Lipinski definition) is 3. The summed E-state index contributed by atoms with van der Waals surface area (Å²) >= 11 is 11.0. The summed E-state index contributed by atoms with van der Waals surface area (Å²) in [6.45, 7) is 2.95. The van der Waals surface area contributed by atoms with Crippen molar-refractivity contribution in [1.82, 2.24) is 0 Å². The summed E-state index contributed by atoms with van der Waals surface area (Å²) in [6.07, 6.45) is -1.62. The van der Waals surface area contributed by atoms with Gasteiger partial charge in [0.2, 0.25) is 0 Å². The Hall–Kier alpha value is 0.460. The van der Waals surface area contributed by atoms with Crippen LogP contribution in [0.2, 0.25) is 0 Å². The molecule has 0 radical (unpaired) electrons. The fourth-order valence-corrected chi connectivity index (χ4v) is 0.626. The molecule has 0 saturated carbocycles. The number of rotatable bonds is 4. The first-order chi connectivity index (χ1) is 4.95. The third-order valence-electron chi connectivity index (χ3n) is 1.02. The molecule has 0 fully saturated rings. The Bertz CT molecular complexity index is 96.0. The van der Waals surface area contributed by atoms with Gasteiger partial charge in [-0.05, 0) is 13.8 Å². The smallest absolute Gasteiger partial charge is 0.158 e. The highest BCUT2D eigenvalue weighted by molar-refractivity contribution is 6.22. The molecule has 0 aromatic heterocycles. The van der Waals surface area contributed by atoms with E-state index in [1.807, 2.05) is 0 Å². The maximum atomic E-state index is 8.85. The molecule has 0 saturated heterocycles. The molecular formula is C6H12Cl2O3. The average molecular weight is 203 g/mol. The van der Waals surface area contributed by atoms with E-state index in [-0.39, 0.29) is 0 Å². The van der Waals surface area contributed by atoms with Gasteiger partial charge in [-0.2, -0.15) is 0 Å². The van der Waals surface area contributed by atoms with Gasteiger partial charge in [-0.15, -0.1) is 0 Å². The van der Waals surface area contributed by atoms with E-state index in [2.05, 4.69) is 0 Å². The fraction of sp³-hybridized carbons (Fsp3) is 1.00. The van der Waals surface area contributed by atoms with Crippen molar-refractivity contribution in [3.63, 3.8) is 0 Å². The lowest BCUT2D eigenvalue weighted by Crippen LogP contribution is -2.29. The molecule has 4 atom stereocenters. The molecule has 0 aliphatic carbocycles. The number of hydrogen-bond donors (Lipinski definition) is 2. The van der Waals surface area contributed by atoms with Crippen LogP contribution in [-0.4, -0.2) is 33.5 Å². The maximum Gasteiger partial charge on any atom is 0.158 e. The molecule has 0 rings (SSSR count). The van der Waals surface area contributed by atoms with Gasteiger partial charge in [0.25, 0.3) is 0 Å². The molecule has 0 aliphatic heterocycles. The Morgan fingerprint density at radius 3 is 1.45 bits per heavy atom. The van der Waals surface area contributed by atoms with Gasteiger partial charge in [0, 0.05) is 0 Å². The van der Waals surface area contributed by atoms with Crippen LogP contribution in [0.15, 0.2) is 0 Å². The van der Waals surface area contributed by atoms with Gasteiger partial charge in [0.1, 0.15) is 0 Å². The molecule has 0 aliphatic rings. The summed E-state index contributed by atoms with van der Waals surface area (Å²) in [6, 6.07) is 0. The van der Waals surface area contributed by atoms with Crippen LogP contribution in [0.3, 0.4) is 0 Å². The van der Waals surface area contributed by atoms with Crippen LogP contribution in [0.4, 0.5) is 0 Å². The highest BCUT2D eigenvalue weighted by Gasteiger charge is 2.19. The third-order valence-corrected chi connectivity index (χ3v) is 1.95. The second-order valence-corrected chi connectivity index (χ2v) is 3.18. The van der Waals surface area contributed by atoms with E-state index in [0.717, 1.165) is 0 Å². The summed E-state index contributed by atoms with van der Waals surface area (Å²) in [5, 5.41) is 17.7. The summed E-state index contributed by atoms with van der Waals surface area (Å²) in [5.74, 6) is 0. The Balaban J connectivity index is 3.66. The zero-order valence-electron chi connectivity index (χ0n) is 6.37. The van der Waals surface area contributed by atoms with E-state index in [1.165, 1.54) is 13.8 Å². The highest BCUT2D eigenvalue weighted by atomic mass is 35.5. The van der Waals surface area contributed by atoms with Crippen LogP contribution < -0.4 is 0 Å². The van der Waals surface area contributed by atoms with Gasteiger partial charge >= 0.3 is 0 Å². The lowest BCUT2D eigenvalue weighted by atomic mass is 10.4. The monoisotopic (exact) mass is 202 g/mol. The van der Waals surface area contributed by atoms with Crippen LogP contribution >= 0.6 is 23.2 Å². The first-order valence-corrected chi connectivity index (χ1v) is 4.12. The van der Waals surface area contributed by atoms with E-state index < -0.39 is 23.3 Å². The van der Waals surface area contributed by atoms with Crippen LogP contribution in [0.1, 0.15) is 13.8 Å². The molecule has 0 amide bonds. The Kier molecular flexibility index (Phi) is 5.38. The molecule has 0 bridgehead atoms. The van der Waals surface area contributed by atoms with Gasteiger partial charge in [-0.1, -0.05) is 23.2 Å². The van der Waals surface area contributed by atoms with Gasteiger partial charge in [-0.25, -0.2) is 0 Å². The third kappa shape index (κ3) is 4.82. The van der Waals surface area contributed by atoms with Gasteiger partial charge < -0.3 is 14.9 Å². The quantitative estimate of drug-likeness (QED) is 0.667. The predicted molar refractivity (Wildman–Crippen MR) is 43.7 cm³/mol. The summed E-state index contributed by atoms with van der Waals surface area (Å²) in [5.41, 5.74) is -1.76. The molecule has 2 N–H and O–H groups in total. The largest absolute Gasteiger partial charge is 0.389 e. The molecule has 5 heteroatoms. The molecule has 4 unspecified atom stereocenters. The summed E-state index contributed by atoms with van der Waals surface area (Å²) in [7, 11) is 0. The fourth-order valence-electron chi connectivity index (χ4n) is 0.352. The van der Waals surface area contributed by atoms with Crippen molar-refractivity contribution in [2.45, 2.75) is 37.2 Å². The van der Waals surface area contributed by atoms with Crippen molar-refractivity contribution in [3.8, 4) is 0 Å². The van der Waals surface area contributed by atoms with E-state index >= 15 is 0 Å². The minimum atomic E-state index is -0.882. The zero-order valence-corrected chi connectivity index (χ0v) is 7.88. The van der Waals surface area contributed by atoms with Crippen molar-refractivity contribution >= 4 is 23.2 Å². The normalized spacial score (nSPS) is 22.4. The van der Waals surface area contributed by atoms with Gasteiger partial charge in [0.15, 0.2) is 11.1 Å². The Morgan fingerprint density at radius 1 is 1.00 bits per heavy atom. The van der Waals surface area contributed by atoms with Crippen LogP contribution in [0, 0.1) is 0 Å². The molecule has 0 heterocycles. The second-order valence-electron chi connectivity index (χ2n) is 2.32. The van der Waals surface area contributed by atoms with E-state index in [4.69, 9.17) is 38.2 Å². The molecule has 0 aromatic rings. The van der Waals surface area contributed by atoms with Crippen LogP contribution in [0.25, 0.3) is 0 Å². The van der Waals surface area contributed by atoms with Gasteiger partial charge in [0.05, 0.1) is 12.2 Å². The number of halogens is 2. The number of aliphatic hydroxyl groups is 2. The molecular weight excluding hydrogens is 191 g/mol. The standard InChI is InChI=1S/C6H12Cl2O3/c1-3(9)5(7)11-6(8)4(2)10/h3-6,9-10H,1-2H3. The maximum absolute atomic E-state index is 8.85. The molecule has 0 spiro atoms. The van der Waals surface area contributed by atoms with Crippen LogP contribution in [-0.2, 0) is 4.74 Å². The van der Waals surface area contributed by atoms with E-state index in [9.17, 15) is 0 Å². The predicted octanol–water partition coefficient (Wildman–Crippen LogP) is 0.894. The molecule has 11 heavy (non-hydrogen) atoms. The average Bonchev–Trinajstić information content (AvgIpc) is 1.87. The Morgan fingerprint density at radius 2 is 1.27 bits per heavy atom. The number of ether oxygens (including phenoxy) is 1. The summed E-state index contributed by atoms with van der Waals surface area (Å²) < 4.78 is 4.80. The molecule has 0 aromatic carbocycles. The van der Waals surface area contributed by atoms with Crippen molar-refractivity contribution in [2.75, 3.05) is 0 Å². The number of aliphatic hydroxyl groups excluding tert-OH is 2. The lowest BCUT2D eigenvalue weighted by molar-refractivity contribution is -0.0382. The minimum absolute atomic E-state index is 0.809. The van der Waals surface area contributed by atoms with Crippen molar-refractivity contribution < 1.29 is 14.9 Å². The van der Waals surface area contributed by atoms with E-state index in [1.54, 1.807) is 0 Å². The first-order valence-electron chi connectivity index (χ1n) is 3.25. The molecule has 68 valence electrons. The highest BCUT2D eigenvalue weighted by Crippen LogP contribution is 2.13.